The van der Waals surface area contributed by atoms with Crippen LogP contribution in [0.4, 0.5) is 5.69 Å². The Labute approximate surface area is 107 Å². The zero-order chi connectivity index (χ0) is 14.6. The molecule has 0 aliphatic carbocycles. The number of rotatable bonds is 5. The third kappa shape index (κ3) is 3.36. The quantitative estimate of drug-likeness (QED) is 0.235. The molecule has 1 aromatic heterocycles. The second-order valence-corrected chi connectivity index (χ2v) is 3.54. The van der Waals surface area contributed by atoms with Crippen LogP contribution in [0.3, 0.4) is 0 Å². The number of nitro groups is 1. The first kappa shape index (κ1) is 14.8. The number of carbonyl (C=O) groups excluding carboxylic acids is 1. The minimum atomic E-state index is -2.01. The first-order valence-electron chi connectivity index (χ1n) is 5.28. The molecule has 9 heteroatoms. The Bertz CT molecular complexity index is 491. The van der Waals surface area contributed by atoms with Crippen LogP contribution in [0.1, 0.15) is 18.6 Å². The molecule has 0 fully saturated rings. The van der Waals surface area contributed by atoms with Crippen molar-refractivity contribution >= 4 is 11.7 Å². The number of ether oxygens (including phenoxy) is 1. The molecule has 0 amide bonds. The standard InChI is InChI=1S/C10H12N2O7/c1-2-19-10(15)9(14)8(13)6-5-11(16)4-3-7(6)12(17)18/h3-5,8-9,13-14H,2H2,1H3. The SMILES string of the molecule is CCOC(=O)C(O)C(O)c1c[n+]([O-])ccc1[N+](=O)[O-]. The number of aliphatic hydroxyl groups excluding tert-OH is 2. The van der Waals surface area contributed by atoms with Crippen LogP contribution in [0.5, 0.6) is 0 Å². The van der Waals surface area contributed by atoms with Crippen molar-refractivity contribution in [3.63, 3.8) is 0 Å². The fraction of sp³-hybridized carbons (Fsp3) is 0.400. The number of pyridine rings is 1. The van der Waals surface area contributed by atoms with Crippen molar-refractivity contribution in [2.75, 3.05) is 6.61 Å². The molecular weight excluding hydrogens is 260 g/mol. The fourth-order valence-corrected chi connectivity index (χ4v) is 1.41. The third-order valence-corrected chi connectivity index (χ3v) is 2.28. The van der Waals surface area contributed by atoms with Crippen LogP contribution < -0.4 is 4.73 Å². The molecule has 0 saturated carbocycles. The van der Waals surface area contributed by atoms with Gasteiger partial charge in [0.15, 0.2) is 18.5 Å². The molecule has 2 unspecified atom stereocenters. The van der Waals surface area contributed by atoms with Crippen molar-refractivity contribution < 1.29 is 29.4 Å². The Balaban J connectivity index is 3.10. The second-order valence-electron chi connectivity index (χ2n) is 3.54. The van der Waals surface area contributed by atoms with Crippen molar-refractivity contribution in [3.05, 3.63) is 39.3 Å². The third-order valence-electron chi connectivity index (χ3n) is 2.28. The van der Waals surface area contributed by atoms with E-state index in [9.17, 15) is 30.3 Å². The second kappa shape index (κ2) is 6.07. The predicted octanol–water partition coefficient (Wildman–Crippen LogP) is -0.814. The van der Waals surface area contributed by atoms with E-state index in [1.54, 1.807) is 0 Å². The maximum atomic E-state index is 11.2. The minimum absolute atomic E-state index is 0.0267. The van der Waals surface area contributed by atoms with Crippen LogP contribution in [0, 0.1) is 15.3 Å². The van der Waals surface area contributed by atoms with Gasteiger partial charge in [-0.3, -0.25) is 10.1 Å². The molecule has 0 radical (unpaired) electrons. The van der Waals surface area contributed by atoms with Gasteiger partial charge in [-0.1, -0.05) is 0 Å². The van der Waals surface area contributed by atoms with Crippen LogP contribution in [-0.2, 0) is 9.53 Å². The van der Waals surface area contributed by atoms with E-state index in [1.165, 1.54) is 6.92 Å². The van der Waals surface area contributed by atoms with Gasteiger partial charge < -0.3 is 20.2 Å². The summed E-state index contributed by atoms with van der Waals surface area (Å²) in [4.78, 5) is 21.1. The molecule has 9 nitrogen and oxygen atoms in total. The van der Waals surface area contributed by atoms with Crippen molar-refractivity contribution in [2.45, 2.75) is 19.1 Å². The average Bonchev–Trinajstić information content (AvgIpc) is 2.36. The molecule has 104 valence electrons. The van der Waals surface area contributed by atoms with E-state index < -0.39 is 34.4 Å². The highest BCUT2D eigenvalue weighted by Gasteiger charge is 2.33. The summed E-state index contributed by atoms with van der Waals surface area (Å²) in [7, 11) is 0. The van der Waals surface area contributed by atoms with Gasteiger partial charge in [-0.05, 0) is 6.92 Å². The van der Waals surface area contributed by atoms with Crippen LogP contribution in [-0.4, -0.2) is 33.8 Å². The van der Waals surface area contributed by atoms with E-state index in [2.05, 4.69) is 4.74 Å². The lowest BCUT2D eigenvalue weighted by molar-refractivity contribution is -0.606. The first-order valence-corrected chi connectivity index (χ1v) is 5.28. The van der Waals surface area contributed by atoms with Gasteiger partial charge in [-0.15, -0.1) is 0 Å². The number of esters is 1. The minimum Gasteiger partial charge on any atom is -0.619 e. The van der Waals surface area contributed by atoms with Crippen molar-refractivity contribution in [1.82, 2.24) is 0 Å². The van der Waals surface area contributed by atoms with Crippen LogP contribution in [0.15, 0.2) is 18.5 Å². The topological polar surface area (TPSA) is 137 Å². The molecule has 1 heterocycles. The smallest absolute Gasteiger partial charge is 0.338 e. The summed E-state index contributed by atoms with van der Waals surface area (Å²) in [5.41, 5.74) is -1.05. The van der Waals surface area contributed by atoms with Gasteiger partial charge in [0.2, 0.25) is 0 Å². The van der Waals surface area contributed by atoms with Gasteiger partial charge in [0.1, 0.15) is 11.7 Å². The monoisotopic (exact) mass is 272 g/mol. The molecule has 2 N–H and O–H groups in total. The van der Waals surface area contributed by atoms with Gasteiger partial charge in [0.05, 0.1) is 17.6 Å². The van der Waals surface area contributed by atoms with Crippen molar-refractivity contribution in [3.8, 4) is 0 Å². The molecule has 0 aliphatic heterocycles. The number of aromatic nitrogens is 1. The Hall–Kier alpha value is -2.26. The van der Waals surface area contributed by atoms with E-state index in [0.29, 0.717) is 6.20 Å². The van der Waals surface area contributed by atoms with Gasteiger partial charge >= 0.3 is 5.97 Å². The zero-order valence-corrected chi connectivity index (χ0v) is 9.92. The van der Waals surface area contributed by atoms with Crippen LogP contribution >= 0.6 is 0 Å². The summed E-state index contributed by atoms with van der Waals surface area (Å²) in [6.45, 7) is 1.47. The highest BCUT2D eigenvalue weighted by atomic mass is 16.6. The number of aliphatic hydroxyl groups is 2. The molecule has 0 spiro atoms. The van der Waals surface area contributed by atoms with E-state index in [1.807, 2.05) is 0 Å². The highest BCUT2D eigenvalue weighted by molar-refractivity contribution is 5.75. The molecule has 0 bridgehead atoms. The summed E-state index contributed by atoms with van der Waals surface area (Å²) in [6.07, 6.45) is -2.36. The number of nitrogens with zero attached hydrogens (tertiary/aromatic N) is 2. The molecule has 1 rings (SSSR count). The lowest BCUT2D eigenvalue weighted by Crippen LogP contribution is -2.33. The Morgan fingerprint density at radius 3 is 2.74 bits per heavy atom. The highest BCUT2D eigenvalue weighted by Crippen LogP contribution is 2.26. The van der Waals surface area contributed by atoms with E-state index >= 15 is 0 Å². The molecular formula is C10H12N2O7. The van der Waals surface area contributed by atoms with Gasteiger partial charge in [0, 0.05) is 0 Å². The molecule has 1 aromatic rings. The largest absolute Gasteiger partial charge is 0.619 e. The van der Waals surface area contributed by atoms with E-state index in [4.69, 9.17) is 0 Å². The Morgan fingerprint density at radius 1 is 1.58 bits per heavy atom. The van der Waals surface area contributed by atoms with E-state index in [-0.39, 0.29) is 11.3 Å². The van der Waals surface area contributed by atoms with Crippen LogP contribution in [0.2, 0.25) is 0 Å². The van der Waals surface area contributed by atoms with E-state index in [0.717, 1.165) is 12.3 Å². The van der Waals surface area contributed by atoms with Crippen LogP contribution in [0.25, 0.3) is 0 Å². The Morgan fingerprint density at radius 2 is 2.21 bits per heavy atom. The van der Waals surface area contributed by atoms with Gasteiger partial charge in [-0.2, -0.15) is 4.73 Å². The lowest BCUT2D eigenvalue weighted by atomic mass is 10.0. The summed E-state index contributed by atoms with van der Waals surface area (Å²) < 4.78 is 4.68. The summed E-state index contributed by atoms with van der Waals surface area (Å²) in [5.74, 6) is -1.13. The maximum absolute atomic E-state index is 11.2. The summed E-state index contributed by atoms with van der Waals surface area (Å²) in [5, 5.41) is 41.1. The molecule has 2 atom stereocenters. The average molecular weight is 272 g/mol. The van der Waals surface area contributed by atoms with Crippen molar-refractivity contribution in [2.24, 2.45) is 0 Å². The maximum Gasteiger partial charge on any atom is 0.338 e. The van der Waals surface area contributed by atoms with Gasteiger partial charge in [-0.25, -0.2) is 4.79 Å². The Kier molecular flexibility index (Phi) is 4.73. The number of carbonyl (C=O) groups is 1. The lowest BCUT2D eigenvalue weighted by Gasteiger charge is -2.15. The number of hydrogen-bond donors (Lipinski definition) is 2. The fourth-order valence-electron chi connectivity index (χ4n) is 1.41. The number of hydrogen-bond acceptors (Lipinski definition) is 7. The predicted molar refractivity (Wildman–Crippen MR) is 59.7 cm³/mol. The summed E-state index contributed by atoms with van der Waals surface area (Å²) in [6, 6.07) is 0.865. The van der Waals surface area contributed by atoms with Gasteiger partial charge in [0.25, 0.3) is 5.69 Å². The molecule has 0 aromatic carbocycles. The first-order chi connectivity index (χ1) is 8.88. The molecule has 19 heavy (non-hydrogen) atoms. The zero-order valence-electron chi connectivity index (χ0n) is 9.92. The van der Waals surface area contributed by atoms with Crippen molar-refractivity contribution in [1.29, 1.82) is 0 Å². The molecule has 0 saturated heterocycles. The normalized spacial score (nSPS) is 13.6. The molecule has 0 aliphatic rings. The summed E-state index contributed by atoms with van der Waals surface area (Å²) >= 11 is 0.